The molecule has 96 valence electrons. The standard InChI is InChI=1S/C16H16N2O/c1-11-10-18(12-6-3-2-4-7-12)16(19)15-13(11)8-5-9-14(15)17/h2-9,11H,10,17H2,1H3. The number of nitrogens with two attached hydrogens (primary N) is 1. The van der Waals surface area contributed by atoms with Crippen molar-refractivity contribution in [1.29, 1.82) is 0 Å². The summed E-state index contributed by atoms with van der Waals surface area (Å²) in [4.78, 5) is 14.4. The number of hydrogen-bond acceptors (Lipinski definition) is 2. The molecule has 0 bridgehead atoms. The molecule has 0 saturated carbocycles. The number of rotatable bonds is 1. The summed E-state index contributed by atoms with van der Waals surface area (Å²) in [5.74, 6) is 0.286. The normalized spacial score (nSPS) is 18.3. The number of anilines is 2. The highest BCUT2D eigenvalue weighted by Gasteiger charge is 2.31. The average Bonchev–Trinajstić information content (AvgIpc) is 2.43. The van der Waals surface area contributed by atoms with E-state index in [-0.39, 0.29) is 11.8 Å². The van der Waals surface area contributed by atoms with Crippen molar-refractivity contribution in [3.63, 3.8) is 0 Å². The van der Waals surface area contributed by atoms with Crippen LogP contribution in [-0.2, 0) is 0 Å². The topological polar surface area (TPSA) is 46.3 Å². The van der Waals surface area contributed by atoms with Crippen LogP contribution < -0.4 is 10.6 Å². The Labute approximate surface area is 112 Å². The Hall–Kier alpha value is -2.29. The van der Waals surface area contributed by atoms with Crippen molar-refractivity contribution < 1.29 is 4.79 Å². The summed E-state index contributed by atoms with van der Waals surface area (Å²) in [5.41, 5.74) is 9.19. The molecule has 1 unspecified atom stereocenters. The number of carbonyl (C=O) groups excluding carboxylic acids is 1. The summed E-state index contributed by atoms with van der Waals surface area (Å²) >= 11 is 0. The molecule has 1 aliphatic rings. The fraction of sp³-hybridized carbons (Fsp3) is 0.188. The van der Waals surface area contributed by atoms with Gasteiger partial charge in [0.2, 0.25) is 0 Å². The molecule has 1 heterocycles. The molecule has 3 heteroatoms. The van der Waals surface area contributed by atoms with Gasteiger partial charge >= 0.3 is 0 Å². The molecule has 0 aliphatic carbocycles. The number of fused-ring (bicyclic) bond motifs is 1. The minimum Gasteiger partial charge on any atom is -0.398 e. The Morgan fingerprint density at radius 1 is 1.11 bits per heavy atom. The highest BCUT2D eigenvalue weighted by Crippen LogP contribution is 2.33. The Balaban J connectivity index is 2.10. The monoisotopic (exact) mass is 252 g/mol. The minimum atomic E-state index is -0.00241. The molecule has 1 amide bonds. The van der Waals surface area contributed by atoms with Crippen LogP contribution >= 0.6 is 0 Å². The van der Waals surface area contributed by atoms with E-state index >= 15 is 0 Å². The molecule has 0 saturated heterocycles. The van der Waals surface area contributed by atoms with Crippen molar-refractivity contribution in [3.05, 3.63) is 59.7 Å². The highest BCUT2D eigenvalue weighted by molar-refractivity contribution is 6.11. The quantitative estimate of drug-likeness (QED) is 0.793. The molecule has 2 N–H and O–H groups in total. The lowest BCUT2D eigenvalue weighted by Gasteiger charge is -2.33. The largest absolute Gasteiger partial charge is 0.398 e. The van der Waals surface area contributed by atoms with Gasteiger partial charge < -0.3 is 10.6 Å². The summed E-state index contributed by atoms with van der Waals surface area (Å²) in [7, 11) is 0. The molecule has 0 fully saturated rings. The molecule has 0 aromatic heterocycles. The van der Waals surface area contributed by atoms with E-state index in [1.165, 1.54) is 0 Å². The van der Waals surface area contributed by atoms with Gasteiger partial charge in [-0.3, -0.25) is 4.79 Å². The molecule has 1 atom stereocenters. The maximum absolute atomic E-state index is 12.6. The third-order valence-electron chi connectivity index (χ3n) is 3.64. The Morgan fingerprint density at radius 3 is 2.58 bits per heavy atom. The van der Waals surface area contributed by atoms with E-state index in [9.17, 15) is 4.79 Å². The van der Waals surface area contributed by atoms with Gasteiger partial charge in [0.15, 0.2) is 0 Å². The first-order valence-electron chi connectivity index (χ1n) is 6.44. The second kappa shape index (κ2) is 4.43. The van der Waals surface area contributed by atoms with E-state index in [0.29, 0.717) is 17.8 Å². The van der Waals surface area contributed by atoms with Crippen molar-refractivity contribution in [3.8, 4) is 0 Å². The summed E-state index contributed by atoms with van der Waals surface area (Å²) in [6, 6.07) is 15.4. The Kier molecular flexibility index (Phi) is 2.75. The molecule has 3 nitrogen and oxygen atoms in total. The van der Waals surface area contributed by atoms with Crippen LogP contribution in [-0.4, -0.2) is 12.5 Å². The van der Waals surface area contributed by atoms with Crippen molar-refractivity contribution >= 4 is 17.3 Å². The lowest BCUT2D eigenvalue weighted by Crippen LogP contribution is -2.39. The van der Waals surface area contributed by atoms with Crippen LogP contribution in [0.2, 0.25) is 0 Å². The van der Waals surface area contributed by atoms with Gasteiger partial charge in [0, 0.05) is 23.8 Å². The van der Waals surface area contributed by atoms with Crippen molar-refractivity contribution in [2.75, 3.05) is 17.2 Å². The Morgan fingerprint density at radius 2 is 1.84 bits per heavy atom. The lowest BCUT2D eigenvalue weighted by atomic mass is 9.89. The zero-order valence-corrected chi connectivity index (χ0v) is 10.8. The molecule has 3 rings (SSSR count). The van der Waals surface area contributed by atoms with E-state index in [1.807, 2.05) is 47.4 Å². The van der Waals surface area contributed by atoms with Crippen LogP contribution in [0.3, 0.4) is 0 Å². The van der Waals surface area contributed by atoms with Gasteiger partial charge in [0.05, 0.1) is 5.56 Å². The van der Waals surface area contributed by atoms with E-state index < -0.39 is 0 Å². The van der Waals surface area contributed by atoms with Crippen molar-refractivity contribution in [1.82, 2.24) is 0 Å². The number of benzene rings is 2. The van der Waals surface area contributed by atoms with Crippen LogP contribution in [0.5, 0.6) is 0 Å². The first kappa shape index (κ1) is 11.8. The summed E-state index contributed by atoms with van der Waals surface area (Å²) < 4.78 is 0. The minimum absolute atomic E-state index is 0.00241. The fourth-order valence-corrected chi connectivity index (χ4v) is 2.67. The number of hydrogen-bond donors (Lipinski definition) is 1. The van der Waals surface area contributed by atoms with E-state index in [1.54, 1.807) is 6.07 Å². The van der Waals surface area contributed by atoms with Crippen molar-refractivity contribution in [2.24, 2.45) is 0 Å². The molecule has 2 aromatic carbocycles. The van der Waals surface area contributed by atoms with Gasteiger partial charge in [-0.25, -0.2) is 0 Å². The highest BCUT2D eigenvalue weighted by atomic mass is 16.2. The molecular formula is C16H16N2O. The number of nitrogen functional groups attached to an aromatic ring is 1. The summed E-state index contributed by atoms with van der Waals surface area (Å²) in [6.45, 7) is 2.82. The van der Waals surface area contributed by atoms with Gasteiger partial charge in [0.25, 0.3) is 5.91 Å². The SMILES string of the molecule is CC1CN(c2ccccc2)C(=O)c2c(N)cccc21. The molecule has 0 spiro atoms. The maximum atomic E-state index is 12.6. The van der Waals surface area contributed by atoms with Gasteiger partial charge in [0.1, 0.15) is 0 Å². The fourth-order valence-electron chi connectivity index (χ4n) is 2.67. The third kappa shape index (κ3) is 1.87. The van der Waals surface area contributed by atoms with Gasteiger partial charge in [-0.2, -0.15) is 0 Å². The van der Waals surface area contributed by atoms with Gasteiger partial charge in [-0.1, -0.05) is 37.3 Å². The number of nitrogens with zero attached hydrogens (tertiary/aromatic N) is 1. The van der Waals surface area contributed by atoms with E-state index in [2.05, 4.69) is 6.92 Å². The van der Waals surface area contributed by atoms with Crippen LogP contribution in [0.4, 0.5) is 11.4 Å². The second-order valence-electron chi connectivity index (χ2n) is 4.96. The Bertz CT molecular complexity index is 622. The number of amides is 1. The van der Waals surface area contributed by atoms with Crippen LogP contribution in [0.25, 0.3) is 0 Å². The second-order valence-corrected chi connectivity index (χ2v) is 4.96. The first-order chi connectivity index (χ1) is 9.18. The molecule has 19 heavy (non-hydrogen) atoms. The van der Waals surface area contributed by atoms with Crippen LogP contribution in [0.15, 0.2) is 48.5 Å². The third-order valence-corrected chi connectivity index (χ3v) is 3.64. The van der Waals surface area contributed by atoms with Crippen LogP contribution in [0.1, 0.15) is 28.8 Å². The number of carbonyl (C=O) groups is 1. The van der Waals surface area contributed by atoms with Gasteiger partial charge in [-0.05, 0) is 23.8 Å². The van der Waals surface area contributed by atoms with Crippen molar-refractivity contribution in [2.45, 2.75) is 12.8 Å². The van der Waals surface area contributed by atoms with E-state index in [0.717, 1.165) is 11.3 Å². The predicted molar refractivity (Wildman–Crippen MR) is 77.4 cm³/mol. The number of para-hydroxylation sites is 1. The van der Waals surface area contributed by atoms with E-state index in [4.69, 9.17) is 5.73 Å². The summed E-state index contributed by atoms with van der Waals surface area (Å²) in [5, 5.41) is 0. The lowest BCUT2D eigenvalue weighted by molar-refractivity contribution is 0.0978. The molecule has 0 radical (unpaired) electrons. The molecule has 2 aromatic rings. The average molecular weight is 252 g/mol. The van der Waals surface area contributed by atoms with Crippen LogP contribution in [0, 0.1) is 0 Å². The zero-order valence-electron chi connectivity index (χ0n) is 10.8. The summed E-state index contributed by atoms with van der Waals surface area (Å²) in [6.07, 6.45) is 0. The first-order valence-corrected chi connectivity index (χ1v) is 6.44. The maximum Gasteiger partial charge on any atom is 0.260 e. The molecular weight excluding hydrogens is 236 g/mol. The predicted octanol–water partition coefficient (Wildman–Crippen LogP) is 3.03. The van der Waals surface area contributed by atoms with Gasteiger partial charge in [-0.15, -0.1) is 0 Å². The zero-order chi connectivity index (χ0) is 13.4. The molecule has 1 aliphatic heterocycles. The smallest absolute Gasteiger partial charge is 0.260 e.